The van der Waals surface area contributed by atoms with Gasteiger partial charge >= 0.3 is 0 Å². The number of anilines is 1. The number of amides is 2. The summed E-state index contributed by atoms with van der Waals surface area (Å²) in [4.78, 5) is 27.0. The van der Waals surface area contributed by atoms with E-state index in [1.54, 1.807) is 23.1 Å². The van der Waals surface area contributed by atoms with Gasteiger partial charge in [-0.05, 0) is 68.7 Å². The van der Waals surface area contributed by atoms with Gasteiger partial charge in [-0.25, -0.2) is 0 Å². The molecule has 7 heteroatoms. The summed E-state index contributed by atoms with van der Waals surface area (Å²) >= 11 is 6.61. The summed E-state index contributed by atoms with van der Waals surface area (Å²) < 4.78 is 6.22. The van der Waals surface area contributed by atoms with Crippen molar-refractivity contribution in [3.05, 3.63) is 64.1 Å². The summed E-state index contributed by atoms with van der Waals surface area (Å²) in [6.45, 7) is 7.69. The fourth-order valence-electron chi connectivity index (χ4n) is 2.98. The van der Waals surface area contributed by atoms with Gasteiger partial charge in [0.15, 0.2) is 6.61 Å². The highest BCUT2D eigenvalue weighted by Gasteiger charge is 2.33. The molecule has 1 N–H and O–H groups in total. The first kappa shape index (κ1) is 22.1. The molecule has 0 bridgehead atoms. The Balaban J connectivity index is 1.65. The third-order valence-corrected chi connectivity index (χ3v) is 5.86. The van der Waals surface area contributed by atoms with Crippen LogP contribution in [0.1, 0.15) is 30.5 Å². The number of thiocarbonyl (C=S) groups is 1. The van der Waals surface area contributed by atoms with Crippen LogP contribution in [0, 0.1) is 13.8 Å². The Morgan fingerprint density at radius 3 is 2.70 bits per heavy atom. The highest BCUT2D eigenvalue weighted by atomic mass is 32.2. The maximum Gasteiger partial charge on any atom is 0.266 e. The lowest BCUT2D eigenvalue weighted by molar-refractivity contribution is -0.123. The molecule has 2 amide bonds. The second-order valence-electron chi connectivity index (χ2n) is 7.37. The molecule has 0 aromatic heterocycles. The van der Waals surface area contributed by atoms with Gasteiger partial charge in [-0.3, -0.25) is 14.5 Å². The van der Waals surface area contributed by atoms with Crippen molar-refractivity contribution in [1.82, 2.24) is 4.90 Å². The molecule has 2 aromatic rings. The summed E-state index contributed by atoms with van der Waals surface area (Å²) in [6, 6.07) is 13.2. The summed E-state index contributed by atoms with van der Waals surface area (Å²) in [5.41, 5.74) is 3.67. The zero-order chi connectivity index (χ0) is 21.8. The third-order valence-electron chi connectivity index (χ3n) is 4.53. The average molecular weight is 441 g/mol. The molecule has 2 aromatic carbocycles. The highest BCUT2D eigenvalue weighted by Crippen LogP contribution is 2.34. The fourth-order valence-corrected chi connectivity index (χ4v) is 4.50. The highest BCUT2D eigenvalue weighted by molar-refractivity contribution is 8.26. The van der Waals surface area contributed by atoms with Gasteiger partial charge in [0.1, 0.15) is 10.1 Å². The number of hydrogen-bond acceptors (Lipinski definition) is 5. The molecule has 0 atom stereocenters. The monoisotopic (exact) mass is 440 g/mol. The lowest BCUT2D eigenvalue weighted by Crippen LogP contribution is -2.34. The standard InChI is InChI=1S/C23H24N2O3S2/c1-14(2)25-22(27)20(30-23(25)29)12-17-6-5-7-18(11-17)28-13-21(26)24-19-10-15(3)8-9-16(19)4/h5-12,14H,13H2,1-4H3,(H,24,26)/b20-12-. The minimum absolute atomic E-state index is 0.0219. The molecule has 1 saturated heterocycles. The van der Waals surface area contributed by atoms with Crippen LogP contribution in [0.5, 0.6) is 5.75 Å². The quantitative estimate of drug-likeness (QED) is 0.510. The van der Waals surface area contributed by atoms with Crippen LogP contribution in [-0.4, -0.2) is 33.7 Å². The fraction of sp³-hybridized carbons (Fsp3) is 0.261. The number of rotatable bonds is 6. The van der Waals surface area contributed by atoms with Gasteiger partial charge in [-0.15, -0.1) is 0 Å². The van der Waals surface area contributed by atoms with Gasteiger partial charge < -0.3 is 10.1 Å². The molecule has 0 unspecified atom stereocenters. The van der Waals surface area contributed by atoms with Crippen LogP contribution >= 0.6 is 24.0 Å². The molecular weight excluding hydrogens is 416 g/mol. The van der Waals surface area contributed by atoms with E-state index in [9.17, 15) is 9.59 Å². The largest absolute Gasteiger partial charge is 0.484 e. The van der Waals surface area contributed by atoms with Gasteiger partial charge in [-0.1, -0.05) is 48.2 Å². The zero-order valence-corrected chi connectivity index (χ0v) is 19.0. The third kappa shape index (κ3) is 5.29. The summed E-state index contributed by atoms with van der Waals surface area (Å²) in [6.07, 6.45) is 1.80. The number of hydrogen-bond donors (Lipinski definition) is 1. The minimum Gasteiger partial charge on any atom is -0.484 e. The number of ether oxygens (including phenoxy) is 1. The molecular formula is C23H24N2O3S2. The molecule has 0 saturated carbocycles. The molecule has 0 spiro atoms. The molecule has 1 fully saturated rings. The predicted octanol–water partition coefficient (Wildman–Crippen LogP) is 4.93. The van der Waals surface area contributed by atoms with Crippen molar-refractivity contribution in [1.29, 1.82) is 0 Å². The number of nitrogens with zero attached hydrogens (tertiary/aromatic N) is 1. The van der Waals surface area contributed by atoms with E-state index in [1.807, 2.05) is 58.0 Å². The molecule has 30 heavy (non-hydrogen) atoms. The van der Waals surface area contributed by atoms with Crippen LogP contribution in [0.4, 0.5) is 5.69 Å². The summed E-state index contributed by atoms with van der Waals surface area (Å²) in [5.74, 6) is 0.241. The lowest BCUT2D eigenvalue weighted by atomic mass is 10.1. The molecule has 1 aliphatic heterocycles. The first-order chi connectivity index (χ1) is 14.2. The van der Waals surface area contributed by atoms with Gasteiger partial charge in [-0.2, -0.15) is 0 Å². The van der Waals surface area contributed by atoms with Crippen LogP contribution in [0.3, 0.4) is 0 Å². The predicted molar refractivity (Wildman–Crippen MR) is 127 cm³/mol. The SMILES string of the molecule is Cc1ccc(C)c(NC(=O)COc2cccc(/C=C3\SC(=S)N(C(C)C)C3=O)c2)c1. The van der Waals surface area contributed by atoms with E-state index in [0.29, 0.717) is 15.0 Å². The normalized spacial score (nSPS) is 15.2. The van der Waals surface area contributed by atoms with Crippen molar-refractivity contribution in [3.8, 4) is 5.75 Å². The van der Waals surface area contributed by atoms with Crippen molar-refractivity contribution in [2.45, 2.75) is 33.7 Å². The van der Waals surface area contributed by atoms with Crippen molar-refractivity contribution in [2.24, 2.45) is 0 Å². The van der Waals surface area contributed by atoms with Crippen LogP contribution in [0.2, 0.25) is 0 Å². The maximum atomic E-state index is 12.6. The van der Waals surface area contributed by atoms with E-state index in [4.69, 9.17) is 17.0 Å². The molecule has 0 aliphatic carbocycles. The molecule has 156 valence electrons. The Morgan fingerprint density at radius 2 is 2.00 bits per heavy atom. The van der Waals surface area contributed by atoms with E-state index >= 15 is 0 Å². The van der Waals surface area contributed by atoms with Crippen LogP contribution in [0.15, 0.2) is 47.4 Å². The first-order valence-corrected chi connectivity index (χ1v) is 10.8. The summed E-state index contributed by atoms with van der Waals surface area (Å²) in [7, 11) is 0. The van der Waals surface area contributed by atoms with Gasteiger partial charge in [0.2, 0.25) is 0 Å². The number of benzene rings is 2. The first-order valence-electron chi connectivity index (χ1n) is 9.61. The zero-order valence-electron chi connectivity index (χ0n) is 17.4. The minimum atomic E-state index is -0.230. The van der Waals surface area contributed by atoms with Crippen molar-refractivity contribution < 1.29 is 14.3 Å². The molecule has 3 rings (SSSR count). The lowest BCUT2D eigenvalue weighted by Gasteiger charge is -2.18. The maximum absolute atomic E-state index is 12.6. The van der Waals surface area contributed by atoms with E-state index < -0.39 is 0 Å². The molecule has 1 aliphatic rings. The topological polar surface area (TPSA) is 58.6 Å². The number of nitrogens with one attached hydrogen (secondary N) is 1. The number of aryl methyl sites for hydroxylation is 2. The Labute approximate surface area is 186 Å². The smallest absolute Gasteiger partial charge is 0.266 e. The Hall–Kier alpha value is -2.64. The number of carbonyl (C=O) groups excluding carboxylic acids is 2. The van der Waals surface area contributed by atoms with Crippen molar-refractivity contribution in [3.63, 3.8) is 0 Å². The van der Waals surface area contributed by atoms with Crippen LogP contribution in [0.25, 0.3) is 6.08 Å². The Morgan fingerprint density at radius 1 is 1.23 bits per heavy atom. The number of thioether (sulfide) groups is 1. The van der Waals surface area contributed by atoms with Gasteiger partial charge in [0, 0.05) is 11.7 Å². The van der Waals surface area contributed by atoms with Crippen LogP contribution in [-0.2, 0) is 9.59 Å². The van der Waals surface area contributed by atoms with Gasteiger partial charge in [0.05, 0.1) is 4.91 Å². The average Bonchev–Trinajstić information content (AvgIpc) is 2.96. The second-order valence-corrected chi connectivity index (χ2v) is 9.05. The second kappa shape index (κ2) is 9.45. The van der Waals surface area contributed by atoms with E-state index in [-0.39, 0.29) is 24.5 Å². The molecule has 0 radical (unpaired) electrons. The number of carbonyl (C=O) groups is 2. The van der Waals surface area contributed by atoms with Gasteiger partial charge in [0.25, 0.3) is 11.8 Å². The van der Waals surface area contributed by atoms with E-state index in [1.165, 1.54) is 11.8 Å². The van der Waals surface area contributed by atoms with Crippen molar-refractivity contribution >= 4 is 51.9 Å². The summed E-state index contributed by atoms with van der Waals surface area (Å²) in [5, 5.41) is 2.88. The molecule has 5 nitrogen and oxygen atoms in total. The Kier molecular flexibility index (Phi) is 6.95. The van der Waals surface area contributed by atoms with E-state index in [0.717, 1.165) is 22.4 Å². The van der Waals surface area contributed by atoms with E-state index in [2.05, 4.69) is 5.32 Å². The Bertz CT molecular complexity index is 1030. The van der Waals surface area contributed by atoms with Crippen molar-refractivity contribution in [2.75, 3.05) is 11.9 Å². The van der Waals surface area contributed by atoms with Crippen LogP contribution < -0.4 is 10.1 Å². The molecule has 1 heterocycles.